The van der Waals surface area contributed by atoms with E-state index in [0.717, 1.165) is 12.8 Å². The van der Waals surface area contributed by atoms with E-state index in [0.29, 0.717) is 6.42 Å². The fourth-order valence-corrected chi connectivity index (χ4v) is 2.03. The smallest absolute Gasteiger partial charge is 0.303 e. The second-order valence-corrected chi connectivity index (χ2v) is 5.74. The highest BCUT2D eigenvalue weighted by Gasteiger charge is 2.12. The molecule has 0 saturated carbocycles. The molecule has 2 unspecified atom stereocenters. The highest BCUT2D eigenvalue weighted by atomic mass is 16.4. The van der Waals surface area contributed by atoms with Crippen molar-refractivity contribution in [3.63, 3.8) is 0 Å². The molecule has 136 valence electrons. The van der Waals surface area contributed by atoms with E-state index >= 15 is 0 Å². The number of aliphatic hydroxyl groups excluding tert-OH is 2. The van der Waals surface area contributed by atoms with Gasteiger partial charge >= 0.3 is 5.97 Å². The average Bonchev–Trinajstić information content (AvgIpc) is 2.55. The van der Waals surface area contributed by atoms with Gasteiger partial charge in [-0.1, -0.05) is 68.4 Å². The van der Waals surface area contributed by atoms with Crippen LogP contribution in [0.15, 0.2) is 48.6 Å². The van der Waals surface area contributed by atoms with Crippen molar-refractivity contribution < 1.29 is 20.1 Å². The van der Waals surface area contributed by atoms with E-state index in [2.05, 4.69) is 25.2 Å². The zero-order valence-corrected chi connectivity index (χ0v) is 14.7. The van der Waals surface area contributed by atoms with Gasteiger partial charge in [-0.25, -0.2) is 0 Å². The molecule has 0 rings (SSSR count). The number of carboxylic acids is 1. The summed E-state index contributed by atoms with van der Waals surface area (Å²) >= 11 is 0. The van der Waals surface area contributed by atoms with Crippen LogP contribution in [0.2, 0.25) is 0 Å². The predicted molar refractivity (Wildman–Crippen MR) is 98.8 cm³/mol. The lowest BCUT2D eigenvalue weighted by atomic mass is 10.1. The van der Waals surface area contributed by atoms with Crippen molar-refractivity contribution in [2.75, 3.05) is 0 Å². The van der Waals surface area contributed by atoms with Crippen molar-refractivity contribution in [1.29, 1.82) is 0 Å². The summed E-state index contributed by atoms with van der Waals surface area (Å²) in [7, 11) is 0. The fraction of sp³-hybridized carbons (Fsp3) is 0.550. The molecule has 0 saturated heterocycles. The molecule has 0 aliphatic carbocycles. The molecule has 2 atom stereocenters. The molecule has 3 N–H and O–H groups in total. The molecule has 0 amide bonds. The summed E-state index contributed by atoms with van der Waals surface area (Å²) in [6.45, 7) is 2.20. The first-order chi connectivity index (χ1) is 11.6. The van der Waals surface area contributed by atoms with Gasteiger partial charge in [-0.3, -0.25) is 4.79 Å². The van der Waals surface area contributed by atoms with E-state index in [1.807, 2.05) is 12.2 Å². The van der Waals surface area contributed by atoms with Crippen LogP contribution in [0, 0.1) is 0 Å². The molecule has 0 radical (unpaired) electrons. The molecule has 0 fully saturated rings. The Hall–Kier alpha value is -1.65. The number of carbonyl (C=O) groups is 1. The van der Waals surface area contributed by atoms with Crippen LogP contribution in [0.5, 0.6) is 0 Å². The number of hydrogen-bond donors (Lipinski definition) is 3. The summed E-state index contributed by atoms with van der Waals surface area (Å²) in [5, 5.41) is 27.9. The van der Waals surface area contributed by atoms with Gasteiger partial charge in [0.25, 0.3) is 0 Å². The van der Waals surface area contributed by atoms with Crippen LogP contribution in [-0.2, 0) is 4.79 Å². The summed E-state index contributed by atoms with van der Waals surface area (Å²) in [5.74, 6) is -0.891. The van der Waals surface area contributed by atoms with Crippen molar-refractivity contribution in [3.8, 4) is 0 Å². The average molecular weight is 336 g/mol. The van der Waals surface area contributed by atoms with Crippen molar-refractivity contribution in [1.82, 2.24) is 0 Å². The minimum Gasteiger partial charge on any atom is -0.481 e. The third kappa shape index (κ3) is 15.3. The number of carboxylic acid groups (broad SMARTS) is 1. The Kier molecular flexibility index (Phi) is 15.1. The second-order valence-electron chi connectivity index (χ2n) is 5.74. The van der Waals surface area contributed by atoms with Gasteiger partial charge in [0.2, 0.25) is 0 Å². The maximum atomic E-state index is 10.4. The Morgan fingerprint density at radius 1 is 0.958 bits per heavy atom. The van der Waals surface area contributed by atoms with Crippen LogP contribution in [-0.4, -0.2) is 33.5 Å². The summed E-state index contributed by atoms with van der Waals surface area (Å²) in [5.41, 5.74) is 0. The van der Waals surface area contributed by atoms with Crippen LogP contribution in [0.1, 0.15) is 58.3 Å². The molecule has 4 heteroatoms. The predicted octanol–water partition coefficient (Wildman–Crippen LogP) is 4.16. The number of aliphatic hydroxyl groups is 2. The number of hydrogen-bond acceptors (Lipinski definition) is 3. The van der Waals surface area contributed by atoms with Gasteiger partial charge < -0.3 is 15.3 Å². The van der Waals surface area contributed by atoms with Crippen molar-refractivity contribution in [2.45, 2.75) is 70.5 Å². The van der Waals surface area contributed by atoms with Gasteiger partial charge in [0, 0.05) is 6.42 Å². The van der Waals surface area contributed by atoms with Crippen LogP contribution in [0.3, 0.4) is 0 Å². The molecule has 24 heavy (non-hydrogen) atoms. The van der Waals surface area contributed by atoms with Crippen LogP contribution in [0.25, 0.3) is 0 Å². The molecule has 0 spiro atoms. The lowest BCUT2D eigenvalue weighted by Gasteiger charge is -2.13. The number of unbranched alkanes of at least 4 members (excludes halogenated alkanes) is 3. The molecule has 0 aromatic heterocycles. The third-order valence-corrected chi connectivity index (χ3v) is 3.48. The maximum Gasteiger partial charge on any atom is 0.303 e. The number of allylic oxidation sites excluding steroid dienone is 7. The fourth-order valence-electron chi connectivity index (χ4n) is 2.03. The largest absolute Gasteiger partial charge is 0.481 e. The lowest BCUT2D eigenvalue weighted by molar-refractivity contribution is -0.137. The van der Waals surface area contributed by atoms with Gasteiger partial charge in [0.15, 0.2) is 0 Å². The summed E-state index contributed by atoms with van der Waals surface area (Å²) in [6.07, 6.45) is 19.8. The first-order valence-electron chi connectivity index (χ1n) is 8.80. The Morgan fingerprint density at radius 3 is 2.42 bits per heavy atom. The molecule has 0 heterocycles. The van der Waals surface area contributed by atoms with E-state index < -0.39 is 18.2 Å². The summed E-state index contributed by atoms with van der Waals surface area (Å²) in [6, 6.07) is 0. The lowest BCUT2D eigenvalue weighted by Crippen LogP contribution is -2.23. The third-order valence-electron chi connectivity index (χ3n) is 3.48. The summed E-state index contributed by atoms with van der Waals surface area (Å²) < 4.78 is 0. The first-order valence-corrected chi connectivity index (χ1v) is 8.80. The van der Waals surface area contributed by atoms with E-state index in [1.54, 1.807) is 12.2 Å². The summed E-state index contributed by atoms with van der Waals surface area (Å²) in [4.78, 5) is 10.4. The minimum atomic E-state index is -0.974. The van der Waals surface area contributed by atoms with Gasteiger partial charge in [0.05, 0.1) is 12.2 Å². The molecule has 0 aromatic carbocycles. The molecule has 0 aromatic rings. The van der Waals surface area contributed by atoms with Gasteiger partial charge in [-0.05, 0) is 32.1 Å². The quantitative estimate of drug-likeness (QED) is 0.253. The van der Waals surface area contributed by atoms with Gasteiger partial charge in [-0.2, -0.15) is 0 Å². The highest BCUT2D eigenvalue weighted by molar-refractivity contribution is 5.66. The SMILES string of the molecule is CCCCC/C=C\C/C=C/C=C/C=C/C(O)C(O)CCCC(=O)O. The molecule has 0 bridgehead atoms. The van der Waals surface area contributed by atoms with Gasteiger partial charge in [-0.15, -0.1) is 0 Å². The Morgan fingerprint density at radius 2 is 1.71 bits per heavy atom. The Balaban J connectivity index is 3.81. The van der Waals surface area contributed by atoms with Crippen molar-refractivity contribution in [2.24, 2.45) is 0 Å². The van der Waals surface area contributed by atoms with E-state index in [9.17, 15) is 15.0 Å². The Bertz CT molecular complexity index is 421. The minimum absolute atomic E-state index is 0.00520. The van der Waals surface area contributed by atoms with E-state index in [1.165, 1.54) is 25.3 Å². The van der Waals surface area contributed by atoms with Crippen LogP contribution < -0.4 is 0 Å². The van der Waals surface area contributed by atoms with E-state index in [-0.39, 0.29) is 12.8 Å². The topological polar surface area (TPSA) is 77.8 Å². The number of rotatable bonds is 14. The van der Waals surface area contributed by atoms with Crippen LogP contribution >= 0.6 is 0 Å². The number of aliphatic carboxylic acids is 1. The molecule has 4 nitrogen and oxygen atoms in total. The van der Waals surface area contributed by atoms with Crippen LogP contribution in [0.4, 0.5) is 0 Å². The van der Waals surface area contributed by atoms with Gasteiger partial charge in [0.1, 0.15) is 0 Å². The van der Waals surface area contributed by atoms with Crippen molar-refractivity contribution >= 4 is 5.97 Å². The molecular formula is C20H32O4. The normalized spacial score (nSPS) is 15.1. The zero-order valence-electron chi connectivity index (χ0n) is 14.7. The van der Waals surface area contributed by atoms with E-state index in [4.69, 9.17) is 5.11 Å². The monoisotopic (exact) mass is 336 g/mol. The molecule has 0 aliphatic heterocycles. The van der Waals surface area contributed by atoms with Crippen molar-refractivity contribution in [3.05, 3.63) is 48.6 Å². The first kappa shape index (κ1) is 22.4. The zero-order chi connectivity index (χ0) is 18.0. The Labute approximate surface area is 145 Å². The second kappa shape index (κ2) is 16.2. The highest BCUT2D eigenvalue weighted by Crippen LogP contribution is 2.06. The standard InChI is InChI=1S/C20H32O4/c1-2-3-4-5-6-7-8-9-10-11-12-13-15-18(21)19(22)16-14-17-20(23)24/h6-7,9-13,15,18-19,21-22H,2-5,8,14,16-17H2,1H3,(H,23,24)/b7-6-,10-9+,12-11+,15-13+. The maximum absolute atomic E-state index is 10.4. The molecular weight excluding hydrogens is 304 g/mol. The molecule has 0 aliphatic rings.